The molecule has 1 aromatic carbocycles. The lowest BCUT2D eigenvalue weighted by Gasteiger charge is -2.11. The predicted molar refractivity (Wildman–Crippen MR) is 60.4 cm³/mol. The number of epoxide rings is 1. The molecule has 3 heteroatoms. The third-order valence-corrected chi connectivity index (χ3v) is 2.64. The molecule has 0 spiro atoms. The summed E-state index contributed by atoms with van der Waals surface area (Å²) in [4.78, 5) is 0. The van der Waals surface area contributed by atoms with E-state index in [4.69, 9.17) is 21.1 Å². The normalized spacial score (nSPS) is 23.5. The summed E-state index contributed by atoms with van der Waals surface area (Å²) in [5.41, 5.74) is -0.124. The van der Waals surface area contributed by atoms with Crippen molar-refractivity contribution in [3.05, 3.63) is 41.9 Å². The molecule has 0 aliphatic carbocycles. The molecule has 0 radical (unpaired) electrons. The molecule has 0 bridgehead atoms. The van der Waals surface area contributed by atoms with Crippen molar-refractivity contribution < 1.29 is 9.47 Å². The highest BCUT2D eigenvalue weighted by Crippen LogP contribution is 2.32. The largest absolute Gasteiger partial charge is 0.490 e. The Morgan fingerprint density at radius 1 is 1.47 bits per heavy atom. The number of rotatable bonds is 5. The molecule has 1 heterocycles. The zero-order chi connectivity index (χ0) is 10.7. The molecule has 1 atom stereocenters. The molecule has 80 valence electrons. The van der Waals surface area contributed by atoms with Gasteiger partial charge in [-0.15, -0.1) is 6.58 Å². The fraction of sp³-hybridized carbons (Fsp3) is 0.333. The Morgan fingerprint density at radius 2 is 2.13 bits per heavy atom. The summed E-state index contributed by atoms with van der Waals surface area (Å²) < 4.78 is 11.0. The fourth-order valence-corrected chi connectivity index (χ4v) is 1.50. The van der Waals surface area contributed by atoms with E-state index in [9.17, 15) is 0 Å². The number of hydrogen-bond donors (Lipinski definition) is 0. The molecule has 2 nitrogen and oxygen atoms in total. The second-order valence-electron chi connectivity index (χ2n) is 3.71. The molecule has 0 saturated carbocycles. The van der Waals surface area contributed by atoms with E-state index >= 15 is 0 Å². The predicted octanol–water partition coefficient (Wildman–Crippen LogP) is 3.06. The topological polar surface area (TPSA) is 21.8 Å². The Kier molecular flexibility index (Phi) is 2.98. The molecule has 0 amide bonds. The molecule has 1 aliphatic heterocycles. The lowest BCUT2D eigenvalue weighted by Crippen LogP contribution is -2.20. The van der Waals surface area contributed by atoms with Crippen LogP contribution in [0.15, 0.2) is 36.9 Å². The number of benzene rings is 1. The van der Waals surface area contributed by atoms with Gasteiger partial charge in [-0.2, -0.15) is 0 Å². The Hall–Kier alpha value is -0.990. The van der Waals surface area contributed by atoms with E-state index in [0.717, 1.165) is 18.8 Å². The average molecular weight is 225 g/mol. The number of halogens is 1. The van der Waals surface area contributed by atoms with Gasteiger partial charge in [-0.25, -0.2) is 0 Å². The molecular formula is C12H13ClO2. The highest BCUT2D eigenvalue weighted by molar-refractivity contribution is 6.30. The van der Waals surface area contributed by atoms with E-state index in [1.165, 1.54) is 0 Å². The van der Waals surface area contributed by atoms with Gasteiger partial charge in [-0.05, 0) is 30.7 Å². The molecule has 1 unspecified atom stereocenters. The van der Waals surface area contributed by atoms with Gasteiger partial charge in [0.15, 0.2) is 0 Å². The zero-order valence-corrected chi connectivity index (χ0v) is 9.17. The van der Waals surface area contributed by atoms with E-state index in [-0.39, 0.29) is 5.60 Å². The summed E-state index contributed by atoms with van der Waals surface area (Å²) in [5, 5.41) is 0.714. The van der Waals surface area contributed by atoms with Crippen LogP contribution in [0, 0.1) is 0 Å². The van der Waals surface area contributed by atoms with Crippen molar-refractivity contribution >= 4 is 11.6 Å². The lowest BCUT2D eigenvalue weighted by molar-refractivity contribution is 0.190. The highest BCUT2D eigenvalue weighted by Gasteiger charge is 2.44. The molecule has 1 fully saturated rings. The highest BCUT2D eigenvalue weighted by atomic mass is 35.5. The van der Waals surface area contributed by atoms with Crippen LogP contribution < -0.4 is 4.74 Å². The van der Waals surface area contributed by atoms with E-state index < -0.39 is 0 Å². The SMILES string of the molecule is C=CCC1(COc2ccc(Cl)cc2)CO1. The van der Waals surface area contributed by atoms with Crippen molar-refractivity contribution in [1.82, 2.24) is 0 Å². The minimum Gasteiger partial charge on any atom is -0.490 e. The van der Waals surface area contributed by atoms with Gasteiger partial charge in [0.25, 0.3) is 0 Å². The molecule has 2 rings (SSSR count). The summed E-state index contributed by atoms with van der Waals surface area (Å²) in [6.45, 7) is 5.03. The van der Waals surface area contributed by atoms with Crippen molar-refractivity contribution in [2.75, 3.05) is 13.2 Å². The van der Waals surface area contributed by atoms with Crippen LogP contribution in [0.3, 0.4) is 0 Å². The van der Waals surface area contributed by atoms with E-state index in [2.05, 4.69) is 6.58 Å². The minimum atomic E-state index is -0.124. The van der Waals surface area contributed by atoms with Crippen molar-refractivity contribution in [2.24, 2.45) is 0 Å². The monoisotopic (exact) mass is 224 g/mol. The second-order valence-corrected chi connectivity index (χ2v) is 4.14. The van der Waals surface area contributed by atoms with Crippen LogP contribution in [-0.2, 0) is 4.74 Å². The first kappa shape index (κ1) is 10.5. The smallest absolute Gasteiger partial charge is 0.129 e. The van der Waals surface area contributed by atoms with Crippen LogP contribution in [0.1, 0.15) is 6.42 Å². The maximum absolute atomic E-state index is 5.77. The van der Waals surface area contributed by atoms with E-state index in [1.807, 2.05) is 30.3 Å². The molecule has 1 aromatic rings. The first-order valence-electron chi connectivity index (χ1n) is 4.87. The van der Waals surface area contributed by atoms with Crippen LogP contribution in [0.2, 0.25) is 5.02 Å². The lowest BCUT2D eigenvalue weighted by atomic mass is 10.1. The van der Waals surface area contributed by atoms with Gasteiger partial charge in [-0.1, -0.05) is 17.7 Å². The third kappa shape index (κ3) is 2.74. The summed E-state index contributed by atoms with van der Waals surface area (Å²) in [6, 6.07) is 7.33. The fourth-order valence-electron chi connectivity index (χ4n) is 1.37. The number of hydrogen-bond acceptors (Lipinski definition) is 2. The Labute approximate surface area is 94.5 Å². The van der Waals surface area contributed by atoms with Gasteiger partial charge in [0.05, 0.1) is 6.61 Å². The quantitative estimate of drug-likeness (QED) is 0.567. The molecule has 15 heavy (non-hydrogen) atoms. The Morgan fingerprint density at radius 3 is 2.67 bits per heavy atom. The van der Waals surface area contributed by atoms with Gasteiger partial charge < -0.3 is 9.47 Å². The van der Waals surface area contributed by atoms with Crippen LogP contribution in [-0.4, -0.2) is 18.8 Å². The first-order chi connectivity index (χ1) is 7.24. The second kappa shape index (κ2) is 4.25. The van der Waals surface area contributed by atoms with Crippen molar-refractivity contribution in [3.8, 4) is 5.75 Å². The third-order valence-electron chi connectivity index (χ3n) is 2.38. The van der Waals surface area contributed by atoms with Crippen molar-refractivity contribution in [2.45, 2.75) is 12.0 Å². The van der Waals surface area contributed by atoms with Gasteiger partial charge in [0.1, 0.15) is 18.0 Å². The van der Waals surface area contributed by atoms with Gasteiger partial charge in [-0.3, -0.25) is 0 Å². The number of ether oxygens (including phenoxy) is 2. The minimum absolute atomic E-state index is 0.124. The van der Waals surface area contributed by atoms with Gasteiger partial charge >= 0.3 is 0 Å². The summed E-state index contributed by atoms with van der Waals surface area (Å²) in [7, 11) is 0. The standard InChI is InChI=1S/C12H13ClO2/c1-2-7-12(9-15-12)8-14-11-5-3-10(13)4-6-11/h2-6H,1,7-9H2. The van der Waals surface area contributed by atoms with E-state index in [1.54, 1.807) is 0 Å². The van der Waals surface area contributed by atoms with Gasteiger partial charge in [0.2, 0.25) is 0 Å². The van der Waals surface area contributed by atoms with Crippen molar-refractivity contribution in [1.29, 1.82) is 0 Å². The van der Waals surface area contributed by atoms with Crippen LogP contribution in [0.5, 0.6) is 5.75 Å². The Balaban J connectivity index is 1.88. The van der Waals surface area contributed by atoms with Crippen LogP contribution >= 0.6 is 11.6 Å². The first-order valence-corrected chi connectivity index (χ1v) is 5.25. The van der Waals surface area contributed by atoms with E-state index in [0.29, 0.717) is 11.6 Å². The van der Waals surface area contributed by atoms with Crippen LogP contribution in [0.4, 0.5) is 0 Å². The Bertz CT molecular complexity index is 341. The summed E-state index contributed by atoms with van der Waals surface area (Å²) in [6.07, 6.45) is 2.69. The van der Waals surface area contributed by atoms with Crippen molar-refractivity contribution in [3.63, 3.8) is 0 Å². The van der Waals surface area contributed by atoms with Crippen LogP contribution in [0.25, 0.3) is 0 Å². The molecular weight excluding hydrogens is 212 g/mol. The molecule has 1 aliphatic rings. The summed E-state index contributed by atoms with van der Waals surface area (Å²) >= 11 is 5.77. The van der Waals surface area contributed by atoms with Gasteiger partial charge in [0, 0.05) is 5.02 Å². The maximum atomic E-state index is 5.77. The summed E-state index contributed by atoms with van der Waals surface area (Å²) in [5.74, 6) is 0.818. The average Bonchev–Trinajstić information content (AvgIpc) is 2.99. The molecule has 0 N–H and O–H groups in total. The molecule has 1 saturated heterocycles. The molecule has 0 aromatic heterocycles. The maximum Gasteiger partial charge on any atom is 0.129 e. The zero-order valence-electron chi connectivity index (χ0n) is 8.41.